The standard InChI is InChI=1S/C29H44O6/c1-14(16(3)27(34)35)7-8-15(2)18-9-10-19-23-22(31)13-20-17(4)21(30)11-12-28(20,5)24(23)25(32)26(33)29(18,19)6/h15-21,25-26,30,32-33H,1,7-13H2,2-6H3,(H,34,35)/t15-,16-,17+,18-,19?,20?,21-,25?,26+,28+,29-/m1/s1. The molecule has 0 heterocycles. The third kappa shape index (κ3) is 3.86. The molecule has 0 radical (unpaired) electrons. The van der Waals surface area contributed by atoms with Crippen LogP contribution in [0, 0.1) is 46.3 Å². The van der Waals surface area contributed by atoms with Crippen molar-refractivity contribution in [2.24, 2.45) is 46.3 Å². The molecule has 2 fully saturated rings. The molecule has 0 spiro atoms. The van der Waals surface area contributed by atoms with Gasteiger partial charge < -0.3 is 20.4 Å². The van der Waals surface area contributed by atoms with Gasteiger partial charge in [-0.15, -0.1) is 0 Å². The zero-order valence-corrected chi connectivity index (χ0v) is 22.0. The Morgan fingerprint density at radius 2 is 1.80 bits per heavy atom. The van der Waals surface area contributed by atoms with Crippen molar-refractivity contribution in [3.05, 3.63) is 23.3 Å². The molecule has 6 heteroatoms. The lowest BCUT2D eigenvalue weighted by molar-refractivity contribution is -0.139. The Kier molecular flexibility index (Phi) is 6.91. The minimum atomic E-state index is -1.08. The molecule has 11 atom stereocenters. The van der Waals surface area contributed by atoms with Gasteiger partial charge in [-0.2, -0.15) is 0 Å². The molecule has 35 heavy (non-hydrogen) atoms. The second-order valence-electron chi connectivity index (χ2n) is 12.7. The first kappa shape index (κ1) is 26.6. The molecule has 0 aromatic carbocycles. The second kappa shape index (κ2) is 9.11. The molecule has 4 aliphatic carbocycles. The number of carboxylic acids is 1. The molecular weight excluding hydrogens is 444 g/mol. The zero-order valence-electron chi connectivity index (χ0n) is 22.0. The van der Waals surface area contributed by atoms with Gasteiger partial charge in [-0.25, -0.2) is 0 Å². The minimum absolute atomic E-state index is 0.0259. The van der Waals surface area contributed by atoms with Gasteiger partial charge in [-0.1, -0.05) is 39.8 Å². The smallest absolute Gasteiger partial charge is 0.310 e. The van der Waals surface area contributed by atoms with Crippen LogP contribution in [-0.4, -0.2) is 50.5 Å². The summed E-state index contributed by atoms with van der Waals surface area (Å²) in [4.78, 5) is 25.0. The fourth-order valence-electron chi connectivity index (χ4n) is 8.65. The van der Waals surface area contributed by atoms with E-state index < -0.39 is 41.0 Å². The van der Waals surface area contributed by atoms with Gasteiger partial charge in [0.15, 0.2) is 5.78 Å². The van der Waals surface area contributed by atoms with Gasteiger partial charge in [0.1, 0.15) is 6.10 Å². The Labute approximate surface area is 209 Å². The van der Waals surface area contributed by atoms with Crippen molar-refractivity contribution >= 4 is 11.8 Å². The molecule has 0 aromatic rings. The monoisotopic (exact) mass is 488 g/mol. The van der Waals surface area contributed by atoms with Crippen molar-refractivity contribution in [1.29, 1.82) is 0 Å². The number of carbonyl (C=O) groups excluding carboxylic acids is 1. The summed E-state index contributed by atoms with van der Waals surface area (Å²) in [5, 5.41) is 43.1. The number of aliphatic hydroxyl groups excluding tert-OH is 3. The van der Waals surface area contributed by atoms with Gasteiger partial charge in [0, 0.05) is 17.4 Å². The summed E-state index contributed by atoms with van der Waals surface area (Å²) in [6.45, 7) is 14.0. The van der Waals surface area contributed by atoms with Gasteiger partial charge in [-0.3, -0.25) is 9.59 Å². The number of hydrogen-bond acceptors (Lipinski definition) is 5. The highest BCUT2D eigenvalue weighted by Gasteiger charge is 2.64. The fourth-order valence-corrected chi connectivity index (χ4v) is 8.65. The first-order valence-corrected chi connectivity index (χ1v) is 13.5. The molecule has 0 bridgehead atoms. The molecule has 0 saturated heterocycles. The highest BCUT2D eigenvalue weighted by molar-refractivity contribution is 5.99. The van der Waals surface area contributed by atoms with Crippen LogP contribution in [0.1, 0.15) is 79.6 Å². The topological polar surface area (TPSA) is 115 Å². The molecule has 6 nitrogen and oxygen atoms in total. The van der Waals surface area contributed by atoms with E-state index in [2.05, 4.69) is 20.4 Å². The zero-order chi connectivity index (χ0) is 26.0. The van der Waals surface area contributed by atoms with Gasteiger partial charge in [-0.05, 0) is 86.0 Å². The van der Waals surface area contributed by atoms with Crippen LogP contribution in [0.5, 0.6) is 0 Å². The third-order valence-corrected chi connectivity index (χ3v) is 11.1. The Balaban J connectivity index is 1.65. The maximum Gasteiger partial charge on any atom is 0.310 e. The van der Waals surface area contributed by atoms with E-state index in [0.717, 1.165) is 30.4 Å². The molecule has 0 aromatic heterocycles. The lowest BCUT2D eigenvalue weighted by Crippen LogP contribution is -2.60. The van der Waals surface area contributed by atoms with E-state index in [-0.39, 0.29) is 35.4 Å². The summed E-state index contributed by atoms with van der Waals surface area (Å²) in [7, 11) is 0. The van der Waals surface area contributed by atoms with Crippen molar-refractivity contribution in [2.45, 2.75) is 97.9 Å². The first-order chi connectivity index (χ1) is 16.3. The van der Waals surface area contributed by atoms with E-state index >= 15 is 0 Å². The van der Waals surface area contributed by atoms with E-state index in [1.165, 1.54) is 0 Å². The van der Waals surface area contributed by atoms with Crippen molar-refractivity contribution in [1.82, 2.24) is 0 Å². The maximum atomic E-state index is 13.6. The van der Waals surface area contributed by atoms with E-state index in [0.29, 0.717) is 31.3 Å². The molecule has 0 aliphatic heterocycles. The summed E-state index contributed by atoms with van der Waals surface area (Å²) in [6.07, 6.45) is 2.32. The fraction of sp³-hybridized carbons (Fsp3) is 0.793. The normalized spacial score (nSPS) is 44.8. The van der Waals surface area contributed by atoms with E-state index in [9.17, 15) is 30.0 Å². The van der Waals surface area contributed by atoms with Crippen molar-refractivity contribution < 1.29 is 30.0 Å². The lowest BCUT2D eigenvalue weighted by atomic mass is 9.47. The number of aliphatic carboxylic acids is 1. The Morgan fingerprint density at radius 1 is 1.14 bits per heavy atom. The molecule has 4 rings (SSSR count). The summed E-state index contributed by atoms with van der Waals surface area (Å²) >= 11 is 0. The number of Topliss-reactive ketones (excluding diaryl/α,β-unsaturated/α-hetero) is 1. The number of allylic oxidation sites excluding steroid dienone is 1. The van der Waals surface area contributed by atoms with Crippen LogP contribution in [0.25, 0.3) is 0 Å². The third-order valence-electron chi connectivity index (χ3n) is 11.1. The Hall–Kier alpha value is -1.50. The predicted octanol–water partition coefficient (Wildman–Crippen LogP) is 4.13. The summed E-state index contributed by atoms with van der Waals surface area (Å²) < 4.78 is 0. The second-order valence-corrected chi connectivity index (χ2v) is 12.7. The number of rotatable bonds is 6. The van der Waals surface area contributed by atoms with Crippen LogP contribution in [0.15, 0.2) is 23.3 Å². The lowest BCUT2D eigenvalue weighted by Gasteiger charge is -2.58. The van der Waals surface area contributed by atoms with Crippen LogP contribution in [0.4, 0.5) is 0 Å². The molecule has 2 saturated carbocycles. The number of ketones is 1. The average Bonchev–Trinajstić information content (AvgIpc) is 3.16. The number of aliphatic hydroxyl groups is 3. The van der Waals surface area contributed by atoms with Crippen LogP contribution in [0.3, 0.4) is 0 Å². The van der Waals surface area contributed by atoms with Crippen molar-refractivity contribution in [3.8, 4) is 0 Å². The molecule has 196 valence electrons. The van der Waals surface area contributed by atoms with Crippen molar-refractivity contribution in [2.75, 3.05) is 0 Å². The minimum Gasteiger partial charge on any atom is -0.481 e. The van der Waals surface area contributed by atoms with Gasteiger partial charge in [0.25, 0.3) is 0 Å². The van der Waals surface area contributed by atoms with E-state index in [1.54, 1.807) is 6.92 Å². The van der Waals surface area contributed by atoms with Gasteiger partial charge >= 0.3 is 5.97 Å². The van der Waals surface area contributed by atoms with E-state index in [4.69, 9.17) is 0 Å². The van der Waals surface area contributed by atoms with Crippen molar-refractivity contribution in [3.63, 3.8) is 0 Å². The average molecular weight is 489 g/mol. The van der Waals surface area contributed by atoms with Crippen LogP contribution >= 0.6 is 0 Å². The molecule has 3 unspecified atom stereocenters. The SMILES string of the molecule is C=C(CC[C@@H](C)[C@H]1CCC2C3=C(C(O)[C@H](O)[C@@]21C)[C@@]1(C)CC[C@@H](O)[C@@H](C)C1CC3=O)[C@@H](C)C(=O)O. The van der Waals surface area contributed by atoms with Crippen LogP contribution < -0.4 is 0 Å². The number of carbonyl (C=O) groups is 2. The molecule has 4 N–H and O–H groups in total. The predicted molar refractivity (Wildman–Crippen MR) is 133 cm³/mol. The van der Waals surface area contributed by atoms with Crippen LogP contribution in [0.2, 0.25) is 0 Å². The molecule has 0 amide bonds. The number of hydrogen-bond donors (Lipinski definition) is 4. The first-order valence-electron chi connectivity index (χ1n) is 13.5. The van der Waals surface area contributed by atoms with E-state index in [1.807, 2.05) is 13.8 Å². The summed E-state index contributed by atoms with van der Waals surface area (Å²) in [5.74, 6) is -1.20. The van der Waals surface area contributed by atoms with Gasteiger partial charge in [0.2, 0.25) is 0 Å². The quantitative estimate of drug-likeness (QED) is 0.418. The Bertz CT molecular complexity index is 937. The molecular formula is C29H44O6. The Morgan fingerprint density at radius 3 is 2.43 bits per heavy atom. The van der Waals surface area contributed by atoms with Gasteiger partial charge in [0.05, 0.1) is 18.1 Å². The van der Waals surface area contributed by atoms with Crippen LogP contribution in [-0.2, 0) is 9.59 Å². The summed E-state index contributed by atoms with van der Waals surface area (Å²) in [5.41, 5.74) is 1.22. The summed E-state index contributed by atoms with van der Waals surface area (Å²) in [6, 6.07) is 0. The number of fused-ring (bicyclic) bond motifs is 4. The number of carboxylic acid groups (broad SMARTS) is 1. The highest BCUT2D eigenvalue weighted by Crippen LogP contribution is 2.65. The highest BCUT2D eigenvalue weighted by atomic mass is 16.4. The maximum absolute atomic E-state index is 13.6. The largest absolute Gasteiger partial charge is 0.481 e. The molecule has 4 aliphatic rings.